The highest BCUT2D eigenvalue weighted by Gasteiger charge is 2.35. The van der Waals surface area contributed by atoms with Crippen molar-refractivity contribution in [1.82, 2.24) is 9.62 Å². The summed E-state index contributed by atoms with van der Waals surface area (Å²) in [5.74, 6) is 0.0937. The van der Waals surface area contributed by atoms with Crippen LogP contribution in [0.5, 0.6) is 11.5 Å². The summed E-state index contributed by atoms with van der Waals surface area (Å²) in [5.41, 5.74) is 2.07. The molecule has 0 saturated heterocycles. The number of carbonyl (C=O) groups is 2. The van der Waals surface area contributed by atoms with Gasteiger partial charge in [0, 0.05) is 13.6 Å². The van der Waals surface area contributed by atoms with Crippen LogP contribution in [-0.4, -0.2) is 57.9 Å². The number of carbonyl (C=O) groups excluding carboxylic acids is 2. The summed E-state index contributed by atoms with van der Waals surface area (Å²) < 4.78 is 38.4. The van der Waals surface area contributed by atoms with Crippen molar-refractivity contribution in [1.29, 1.82) is 0 Å². The maximum atomic E-state index is 13.4. The standard InChI is InChI=1S/C27H29N3O6S/c1-19-15-21(13-14-23(19)35-3)37(33,34)29(2)18-26(31)30-17-25(36-24-12-8-7-11-22(24)30)27(32)28-16-20-9-5-4-6-10-20/h4-15,25H,16-18H2,1-3H3,(H,28,32)/t25-/m0/s1. The number of nitrogens with one attached hydrogen (secondary N) is 1. The number of nitrogens with zero attached hydrogens (tertiary/aromatic N) is 2. The molecule has 1 N–H and O–H groups in total. The van der Waals surface area contributed by atoms with Gasteiger partial charge < -0.3 is 19.7 Å². The number of aryl methyl sites for hydroxylation is 1. The van der Waals surface area contributed by atoms with E-state index >= 15 is 0 Å². The molecule has 10 heteroatoms. The largest absolute Gasteiger partial charge is 0.496 e. The number of ether oxygens (including phenoxy) is 2. The van der Waals surface area contributed by atoms with Crippen LogP contribution < -0.4 is 19.7 Å². The van der Waals surface area contributed by atoms with Crippen LogP contribution in [0.3, 0.4) is 0 Å². The molecule has 0 aliphatic carbocycles. The Morgan fingerprint density at radius 3 is 2.49 bits per heavy atom. The molecule has 9 nitrogen and oxygen atoms in total. The van der Waals surface area contributed by atoms with Gasteiger partial charge in [0.1, 0.15) is 11.5 Å². The molecule has 3 aromatic rings. The summed E-state index contributed by atoms with van der Waals surface area (Å²) in [4.78, 5) is 27.7. The van der Waals surface area contributed by atoms with Crippen LogP contribution in [0.4, 0.5) is 5.69 Å². The molecule has 1 aliphatic heterocycles. The summed E-state index contributed by atoms with van der Waals surface area (Å²) in [5, 5.41) is 2.84. The Hall–Kier alpha value is -3.89. The molecule has 0 aromatic heterocycles. The number of amides is 2. The Kier molecular flexibility index (Phi) is 7.80. The molecule has 0 fully saturated rings. The number of para-hydroxylation sites is 2. The third-order valence-electron chi connectivity index (χ3n) is 6.11. The topological polar surface area (TPSA) is 105 Å². The Labute approximate surface area is 216 Å². The van der Waals surface area contributed by atoms with Crippen LogP contribution in [-0.2, 0) is 26.2 Å². The quantitative estimate of drug-likeness (QED) is 0.487. The van der Waals surface area contributed by atoms with Crippen molar-refractivity contribution < 1.29 is 27.5 Å². The van der Waals surface area contributed by atoms with Gasteiger partial charge in [0.15, 0.2) is 6.10 Å². The molecule has 1 heterocycles. The molecule has 4 rings (SSSR count). The average molecular weight is 524 g/mol. The van der Waals surface area contributed by atoms with Crippen molar-refractivity contribution in [2.45, 2.75) is 24.5 Å². The normalized spacial score (nSPS) is 15.0. The van der Waals surface area contributed by atoms with Gasteiger partial charge in [-0.05, 0) is 48.4 Å². The zero-order valence-corrected chi connectivity index (χ0v) is 21.7. The van der Waals surface area contributed by atoms with Crippen molar-refractivity contribution in [3.63, 3.8) is 0 Å². The Morgan fingerprint density at radius 1 is 1.08 bits per heavy atom. The average Bonchev–Trinajstić information content (AvgIpc) is 2.91. The Balaban J connectivity index is 1.50. The zero-order chi connectivity index (χ0) is 26.6. The fourth-order valence-electron chi connectivity index (χ4n) is 4.06. The molecular formula is C27H29N3O6S. The van der Waals surface area contributed by atoms with Gasteiger partial charge in [-0.2, -0.15) is 4.31 Å². The third-order valence-corrected chi connectivity index (χ3v) is 7.91. The highest BCUT2D eigenvalue weighted by Crippen LogP contribution is 2.33. The fourth-order valence-corrected chi connectivity index (χ4v) is 5.26. The number of fused-ring (bicyclic) bond motifs is 1. The molecule has 0 bridgehead atoms. The van der Waals surface area contributed by atoms with Crippen LogP contribution in [0.25, 0.3) is 0 Å². The van der Waals surface area contributed by atoms with E-state index in [-0.39, 0.29) is 17.3 Å². The highest BCUT2D eigenvalue weighted by molar-refractivity contribution is 7.89. The lowest BCUT2D eigenvalue weighted by Crippen LogP contribution is -2.52. The molecular weight excluding hydrogens is 494 g/mol. The van der Waals surface area contributed by atoms with Crippen molar-refractivity contribution in [2.75, 3.05) is 32.1 Å². The van der Waals surface area contributed by atoms with E-state index in [0.717, 1.165) is 9.87 Å². The first kappa shape index (κ1) is 26.2. The first-order valence-corrected chi connectivity index (χ1v) is 13.1. The first-order chi connectivity index (χ1) is 17.7. The molecule has 2 amide bonds. The maximum Gasteiger partial charge on any atom is 0.263 e. The van der Waals surface area contributed by atoms with Gasteiger partial charge in [-0.15, -0.1) is 0 Å². The van der Waals surface area contributed by atoms with E-state index in [2.05, 4.69) is 5.32 Å². The summed E-state index contributed by atoms with van der Waals surface area (Å²) in [6, 6.07) is 20.8. The lowest BCUT2D eigenvalue weighted by molar-refractivity contribution is -0.128. The second kappa shape index (κ2) is 11.0. The third kappa shape index (κ3) is 5.76. The Morgan fingerprint density at radius 2 is 1.78 bits per heavy atom. The van der Waals surface area contributed by atoms with Crippen LogP contribution in [0.15, 0.2) is 77.7 Å². The second-order valence-corrected chi connectivity index (χ2v) is 10.7. The van der Waals surface area contributed by atoms with Gasteiger partial charge in [0.2, 0.25) is 15.9 Å². The number of hydrogen-bond donors (Lipinski definition) is 1. The van der Waals surface area contributed by atoms with Gasteiger partial charge in [0.05, 0.1) is 30.8 Å². The molecule has 1 atom stereocenters. The summed E-state index contributed by atoms with van der Waals surface area (Å²) in [6.07, 6.45) is -0.950. The molecule has 37 heavy (non-hydrogen) atoms. The maximum absolute atomic E-state index is 13.4. The van der Waals surface area contributed by atoms with E-state index in [9.17, 15) is 18.0 Å². The van der Waals surface area contributed by atoms with E-state index in [4.69, 9.17) is 9.47 Å². The minimum absolute atomic E-state index is 0.0496. The second-order valence-electron chi connectivity index (χ2n) is 8.67. The van der Waals surface area contributed by atoms with Crippen LogP contribution in [0.2, 0.25) is 0 Å². The van der Waals surface area contributed by atoms with E-state index in [1.807, 2.05) is 30.3 Å². The monoisotopic (exact) mass is 523 g/mol. The molecule has 0 unspecified atom stereocenters. The van der Waals surface area contributed by atoms with E-state index < -0.39 is 28.6 Å². The van der Waals surface area contributed by atoms with Gasteiger partial charge in [-0.1, -0.05) is 42.5 Å². The lowest BCUT2D eigenvalue weighted by Gasteiger charge is -2.35. The van der Waals surface area contributed by atoms with Gasteiger partial charge in [-0.25, -0.2) is 8.42 Å². The van der Waals surface area contributed by atoms with Crippen molar-refractivity contribution in [3.05, 3.63) is 83.9 Å². The lowest BCUT2D eigenvalue weighted by atomic mass is 10.1. The van der Waals surface area contributed by atoms with Gasteiger partial charge >= 0.3 is 0 Å². The molecule has 1 aliphatic rings. The molecule has 0 spiro atoms. The SMILES string of the molecule is COc1ccc(S(=O)(=O)N(C)CC(=O)N2C[C@@H](C(=O)NCc3ccccc3)Oc3ccccc32)cc1C. The number of methoxy groups -OCH3 is 1. The van der Waals surface area contributed by atoms with Gasteiger partial charge in [-0.3, -0.25) is 9.59 Å². The summed E-state index contributed by atoms with van der Waals surface area (Å²) in [6.45, 7) is 1.60. The smallest absolute Gasteiger partial charge is 0.263 e. The minimum atomic E-state index is -3.95. The number of benzene rings is 3. The molecule has 194 valence electrons. The van der Waals surface area contributed by atoms with Gasteiger partial charge in [0.25, 0.3) is 5.91 Å². The molecule has 0 radical (unpaired) electrons. The number of rotatable bonds is 8. The number of hydrogen-bond acceptors (Lipinski definition) is 6. The van der Waals surface area contributed by atoms with E-state index in [0.29, 0.717) is 29.3 Å². The van der Waals surface area contributed by atoms with Crippen molar-refractivity contribution >= 4 is 27.5 Å². The number of anilines is 1. The summed E-state index contributed by atoms with van der Waals surface area (Å²) in [7, 11) is -1.09. The van der Waals surface area contributed by atoms with Crippen LogP contribution in [0.1, 0.15) is 11.1 Å². The predicted molar refractivity (Wildman–Crippen MR) is 139 cm³/mol. The summed E-state index contributed by atoms with van der Waals surface area (Å²) >= 11 is 0. The zero-order valence-electron chi connectivity index (χ0n) is 20.9. The van der Waals surface area contributed by atoms with Crippen molar-refractivity contribution in [3.8, 4) is 11.5 Å². The first-order valence-electron chi connectivity index (χ1n) is 11.7. The number of likely N-dealkylation sites (N-methyl/N-ethyl adjacent to an activating group) is 1. The fraction of sp³-hybridized carbons (Fsp3) is 0.259. The van der Waals surface area contributed by atoms with E-state index in [1.54, 1.807) is 37.3 Å². The number of sulfonamides is 1. The molecule has 3 aromatic carbocycles. The predicted octanol–water partition coefficient (Wildman–Crippen LogP) is 2.73. The Bertz CT molecular complexity index is 1390. The van der Waals surface area contributed by atoms with Crippen molar-refractivity contribution in [2.24, 2.45) is 0 Å². The molecule has 0 saturated carbocycles. The minimum Gasteiger partial charge on any atom is -0.496 e. The van der Waals surface area contributed by atoms with E-state index in [1.165, 1.54) is 31.2 Å². The van der Waals surface area contributed by atoms with Crippen LogP contribution >= 0.6 is 0 Å². The van der Waals surface area contributed by atoms with Crippen LogP contribution in [0, 0.1) is 6.92 Å². The highest BCUT2D eigenvalue weighted by atomic mass is 32.2.